The van der Waals surface area contributed by atoms with E-state index in [1.165, 1.54) is 0 Å². The maximum absolute atomic E-state index is 14.0. The van der Waals surface area contributed by atoms with Gasteiger partial charge in [0, 0.05) is 32.3 Å². The van der Waals surface area contributed by atoms with Gasteiger partial charge in [-0.3, -0.25) is 19.2 Å². The van der Waals surface area contributed by atoms with Gasteiger partial charge in [-0.15, -0.1) is 0 Å². The number of aromatic nitrogens is 2. The number of thiazole rings is 2. The van der Waals surface area contributed by atoms with E-state index in [2.05, 4.69) is 20.0 Å². The predicted molar refractivity (Wildman–Crippen MR) is 230 cm³/mol. The van der Waals surface area contributed by atoms with Crippen molar-refractivity contribution in [1.82, 2.24) is 9.97 Å². The summed E-state index contributed by atoms with van der Waals surface area (Å²) in [5, 5.41) is 1.22. The van der Waals surface area contributed by atoms with Crippen molar-refractivity contribution in [3.8, 4) is 0 Å². The normalized spacial score (nSPS) is 11.5. The molecule has 60 heavy (non-hydrogen) atoms. The molecule has 10 rings (SSSR count). The van der Waals surface area contributed by atoms with Crippen LogP contribution in [0.2, 0.25) is 0 Å². The lowest BCUT2D eigenvalue weighted by Crippen LogP contribution is -2.31. The van der Waals surface area contributed by atoms with E-state index in [9.17, 15) is 28.8 Å². The molecule has 0 saturated carbocycles. The molecule has 12 nitrogen and oxygen atoms in total. The molecule has 0 aliphatic carbocycles. The lowest BCUT2D eigenvalue weighted by Gasteiger charge is -2.10. The number of benzene rings is 6. The first-order valence-corrected chi connectivity index (χ1v) is 20.0. The van der Waals surface area contributed by atoms with E-state index in [1.54, 1.807) is 60.7 Å². The Balaban J connectivity index is 1.22. The Labute approximate surface area is 343 Å². The minimum atomic E-state index is -0.722. The van der Waals surface area contributed by atoms with E-state index < -0.39 is 33.7 Å². The highest BCUT2D eigenvalue weighted by atomic mass is 32.1. The van der Waals surface area contributed by atoms with Crippen molar-refractivity contribution in [3.63, 3.8) is 0 Å². The van der Waals surface area contributed by atoms with Crippen LogP contribution in [0.25, 0.3) is 52.8 Å². The molecule has 8 aromatic carbocycles. The third-order valence-corrected chi connectivity index (χ3v) is 12.0. The fraction of sp³-hybridized carbons (Fsp3) is 0.0435. The first kappa shape index (κ1) is 36.6. The molecule has 0 spiro atoms. The summed E-state index contributed by atoms with van der Waals surface area (Å²) in [7, 11) is 0. The molecule has 288 valence electrons. The molecule has 10 aromatic rings. The minimum absolute atomic E-state index is 0.0154. The summed E-state index contributed by atoms with van der Waals surface area (Å²) >= 11 is 2.03. The van der Waals surface area contributed by atoms with Crippen LogP contribution in [0.1, 0.15) is 31.8 Å². The number of carbonyl (C=O) groups is 2. The van der Waals surface area contributed by atoms with E-state index in [4.69, 9.17) is 9.47 Å². The van der Waals surface area contributed by atoms with Crippen molar-refractivity contribution in [1.29, 1.82) is 0 Å². The third-order valence-electron chi connectivity index (χ3n) is 10.1. The Kier molecular flexibility index (Phi) is 8.92. The van der Waals surface area contributed by atoms with Crippen LogP contribution >= 0.6 is 22.7 Å². The Morgan fingerprint density at radius 3 is 1.15 bits per heavy atom. The molecule has 0 aliphatic heterocycles. The van der Waals surface area contributed by atoms with Gasteiger partial charge in [-0.05, 0) is 23.3 Å². The highest BCUT2D eigenvalue weighted by Gasteiger charge is 2.26. The van der Waals surface area contributed by atoms with Gasteiger partial charge in [0.1, 0.15) is 13.2 Å². The lowest BCUT2D eigenvalue weighted by molar-refractivity contribution is 0.0466. The summed E-state index contributed by atoms with van der Waals surface area (Å²) in [6.07, 6.45) is 0. The maximum Gasteiger partial charge on any atom is 0.340 e. The molecule has 0 aliphatic rings. The van der Waals surface area contributed by atoms with Crippen LogP contribution < -0.4 is 32.4 Å². The number of hydrogen-bond acceptors (Lipinski definition) is 14. The Morgan fingerprint density at radius 2 is 0.800 bits per heavy atom. The quantitative estimate of drug-likeness (QED) is 0.150. The zero-order chi connectivity index (χ0) is 41.1. The van der Waals surface area contributed by atoms with Gasteiger partial charge in [-0.1, -0.05) is 132 Å². The number of rotatable bonds is 8. The Hall–Kier alpha value is -7.68. The van der Waals surface area contributed by atoms with E-state index in [1.807, 2.05) is 60.7 Å². The molecule has 0 bridgehead atoms. The summed E-state index contributed by atoms with van der Waals surface area (Å²) in [5.41, 5.74) is -0.289. The van der Waals surface area contributed by atoms with Crippen LogP contribution in [-0.2, 0) is 22.7 Å². The summed E-state index contributed by atoms with van der Waals surface area (Å²) in [5.74, 6) is -1.44. The van der Waals surface area contributed by atoms with Gasteiger partial charge in [0.05, 0.1) is 31.6 Å². The highest BCUT2D eigenvalue weighted by molar-refractivity contribution is 7.24. The maximum atomic E-state index is 14.0. The van der Waals surface area contributed by atoms with Crippen LogP contribution in [0, 0.1) is 0 Å². The predicted octanol–water partition coefficient (Wildman–Crippen LogP) is 6.74. The van der Waals surface area contributed by atoms with Crippen molar-refractivity contribution in [2.45, 2.75) is 13.2 Å². The molecule has 0 saturated heterocycles. The van der Waals surface area contributed by atoms with E-state index >= 15 is 0 Å². The van der Waals surface area contributed by atoms with Gasteiger partial charge in [-0.25, -0.2) is 29.5 Å². The molecule has 0 amide bonds. The summed E-state index contributed by atoms with van der Waals surface area (Å²) < 4.78 is 12.4. The van der Waals surface area contributed by atoms with E-state index in [-0.39, 0.29) is 77.9 Å². The molecule has 0 fully saturated rings. The van der Waals surface area contributed by atoms with Gasteiger partial charge in [0.25, 0.3) is 0 Å². The van der Waals surface area contributed by atoms with E-state index in [0.717, 1.165) is 33.8 Å². The lowest BCUT2D eigenvalue weighted by atomic mass is 10.0. The number of hydrogen-bond donors (Lipinski definition) is 0. The fourth-order valence-electron chi connectivity index (χ4n) is 7.18. The van der Waals surface area contributed by atoms with E-state index in [0.29, 0.717) is 20.2 Å². The molecular formula is C46H24N4O8S2. The topological polar surface area (TPSA) is 171 Å². The largest absolute Gasteiger partial charge is 0.457 e. The molecule has 2 aromatic heterocycles. The number of nitrogens with zero attached hydrogens (tertiary/aromatic N) is 4. The zero-order valence-corrected chi connectivity index (χ0v) is 32.5. The van der Waals surface area contributed by atoms with Crippen molar-refractivity contribution in [3.05, 3.63) is 195 Å². The zero-order valence-electron chi connectivity index (χ0n) is 30.8. The first-order chi connectivity index (χ1) is 29.2. The van der Waals surface area contributed by atoms with Gasteiger partial charge in [0.2, 0.25) is 32.0 Å². The molecule has 2 heterocycles. The van der Waals surface area contributed by atoms with Gasteiger partial charge < -0.3 is 9.47 Å². The number of esters is 2. The smallest absolute Gasteiger partial charge is 0.340 e. The van der Waals surface area contributed by atoms with Crippen LogP contribution in [0.4, 0.5) is 10.3 Å². The van der Waals surface area contributed by atoms with Crippen molar-refractivity contribution in [2.75, 3.05) is 0 Å². The SMILES string of the molecule is O=C(OCc1ccccc1)c1cc2c(cc(C(=O)OCc3ccccc3)c3nc(N=c4c(=O)c5ccccc5c4=O)sc32)c2sc(N=c3c(=O)c4ccccc4c3=O)nc12. The van der Waals surface area contributed by atoms with Gasteiger partial charge in [-0.2, -0.15) is 0 Å². The molecular weight excluding hydrogens is 801 g/mol. The molecule has 14 heteroatoms. The van der Waals surface area contributed by atoms with Crippen LogP contribution in [0.3, 0.4) is 0 Å². The van der Waals surface area contributed by atoms with Crippen molar-refractivity contribution >= 4 is 97.6 Å². The minimum Gasteiger partial charge on any atom is -0.457 e. The highest BCUT2D eigenvalue weighted by Crippen LogP contribution is 2.43. The standard InChI is InChI=1S/C46H24N4O8S2/c51-37-25-15-7-8-16-26(25)38(52)35(37)49-45-47-33-31(43(55)57-21-23-11-3-1-4-12-23)19-29-30(41(33)59-45)20-32(44(56)58-22-24-13-5-2-6-14-24)34-42(29)60-46(48-34)50-36-39(53)27-17-9-10-18-28(27)40(36)54/h1-20H,21-22H2. The van der Waals surface area contributed by atoms with Crippen molar-refractivity contribution < 1.29 is 19.1 Å². The van der Waals surface area contributed by atoms with Crippen LogP contribution in [0.5, 0.6) is 0 Å². The fourth-order valence-corrected chi connectivity index (χ4v) is 9.16. The average molecular weight is 825 g/mol. The Morgan fingerprint density at radius 1 is 0.467 bits per heavy atom. The summed E-state index contributed by atoms with van der Waals surface area (Å²) in [6, 6.07) is 34.2. The third kappa shape index (κ3) is 6.22. The summed E-state index contributed by atoms with van der Waals surface area (Å²) in [6.45, 7) is -0.0952. The molecule has 0 radical (unpaired) electrons. The van der Waals surface area contributed by atoms with Gasteiger partial charge >= 0.3 is 11.9 Å². The number of carbonyl (C=O) groups excluding carboxylic acids is 2. The number of fused-ring (bicyclic) bond motifs is 7. The monoisotopic (exact) mass is 824 g/mol. The second-order valence-corrected chi connectivity index (χ2v) is 15.7. The van der Waals surface area contributed by atoms with Crippen LogP contribution in [-0.4, -0.2) is 21.9 Å². The second-order valence-electron chi connectivity index (χ2n) is 13.7. The van der Waals surface area contributed by atoms with Crippen LogP contribution in [0.15, 0.2) is 150 Å². The molecule has 0 unspecified atom stereocenters. The van der Waals surface area contributed by atoms with Crippen molar-refractivity contribution in [2.24, 2.45) is 9.98 Å². The number of ether oxygens (including phenoxy) is 2. The Bertz CT molecular complexity index is 3400. The summed E-state index contributed by atoms with van der Waals surface area (Å²) in [4.78, 5) is 99.7. The molecule has 0 N–H and O–H groups in total. The second kappa shape index (κ2) is 14.6. The average Bonchev–Trinajstić information content (AvgIpc) is 4.03. The first-order valence-electron chi connectivity index (χ1n) is 18.4. The van der Waals surface area contributed by atoms with Gasteiger partial charge in [0.15, 0.2) is 10.7 Å². The molecule has 0 atom stereocenters.